The molecular formula is C20H35NOSSn. The molecule has 2 heterocycles. The van der Waals surface area contributed by atoms with E-state index in [1.165, 1.54) is 56.7 Å². The van der Waals surface area contributed by atoms with E-state index in [0.717, 1.165) is 18.5 Å². The summed E-state index contributed by atoms with van der Waals surface area (Å²) in [5.74, 6) is 0.264. The molecule has 1 amide bonds. The fourth-order valence-electron chi connectivity index (χ4n) is 3.92. The zero-order chi connectivity index (χ0) is 17.6. The van der Waals surface area contributed by atoms with Crippen molar-refractivity contribution in [2.24, 2.45) is 0 Å². The van der Waals surface area contributed by atoms with Crippen LogP contribution in [0.4, 0.5) is 0 Å². The third kappa shape index (κ3) is 4.57. The molecule has 0 fully saturated rings. The summed E-state index contributed by atoms with van der Waals surface area (Å²) in [5.41, 5.74) is 1.05. The maximum atomic E-state index is 12.6. The van der Waals surface area contributed by atoms with E-state index in [-0.39, 0.29) is 5.91 Å². The van der Waals surface area contributed by atoms with Gasteiger partial charge in [0.15, 0.2) is 0 Å². The van der Waals surface area contributed by atoms with Crippen molar-refractivity contribution >= 4 is 38.5 Å². The van der Waals surface area contributed by atoms with E-state index >= 15 is 0 Å². The Kier molecular flexibility index (Phi) is 8.12. The molecule has 2 rings (SSSR count). The molecule has 2 nitrogen and oxygen atoms in total. The number of rotatable bonds is 10. The average Bonchev–Trinajstić information content (AvgIpc) is 3.03. The fourth-order valence-corrected chi connectivity index (χ4v) is 24.4. The normalized spacial score (nSPS) is 15.0. The van der Waals surface area contributed by atoms with Gasteiger partial charge in [-0.1, -0.05) is 0 Å². The van der Waals surface area contributed by atoms with Gasteiger partial charge in [-0.15, -0.1) is 0 Å². The van der Waals surface area contributed by atoms with Crippen LogP contribution in [-0.4, -0.2) is 42.8 Å². The van der Waals surface area contributed by atoms with Gasteiger partial charge in [0.25, 0.3) is 0 Å². The molecule has 0 radical (unpaired) electrons. The quantitative estimate of drug-likeness (QED) is 0.430. The monoisotopic (exact) mass is 457 g/mol. The van der Waals surface area contributed by atoms with Crippen molar-refractivity contribution in [3.05, 3.63) is 16.5 Å². The molecule has 0 saturated carbocycles. The van der Waals surface area contributed by atoms with E-state index in [0.29, 0.717) is 0 Å². The predicted octanol–water partition coefficient (Wildman–Crippen LogP) is 5.43. The number of hydrogen-bond donors (Lipinski definition) is 0. The first-order valence-corrected chi connectivity index (χ1v) is 18.3. The van der Waals surface area contributed by atoms with Crippen molar-refractivity contribution in [3.63, 3.8) is 0 Å². The van der Waals surface area contributed by atoms with Crippen LogP contribution in [0.3, 0.4) is 0 Å². The van der Waals surface area contributed by atoms with E-state index in [1.54, 1.807) is 2.89 Å². The van der Waals surface area contributed by atoms with Crippen LogP contribution in [0.2, 0.25) is 13.3 Å². The van der Waals surface area contributed by atoms with E-state index in [1.807, 2.05) is 23.3 Å². The molecule has 1 aliphatic heterocycles. The third-order valence-electron chi connectivity index (χ3n) is 5.61. The summed E-state index contributed by atoms with van der Waals surface area (Å²) in [5, 5.41) is 0. The summed E-state index contributed by atoms with van der Waals surface area (Å²) in [7, 11) is 1.95. The Labute approximate surface area is 156 Å². The zero-order valence-electron chi connectivity index (χ0n) is 16.1. The molecule has 0 spiro atoms. The van der Waals surface area contributed by atoms with Crippen LogP contribution in [0.25, 0.3) is 0 Å². The van der Waals surface area contributed by atoms with E-state index < -0.39 is 18.4 Å². The van der Waals surface area contributed by atoms with Crippen molar-refractivity contribution in [2.75, 3.05) is 13.6 Å². The van der Waals surface area contributed by atoms with Gasteiger partial charge in [-0.2, -0.15) is 0 Å². The topological polar surface area (TPSA) is 20.3 Å². The summed E-state index contributed by atoms with van der Waals surface area (Å²) in [6.45, 7) is 7.88. The summed E-state index contributed by atoms with van der Waals surface area (Å²) >= 11 is -0.311. The van der Waals surface area contributed by atoms with Gasteiger partial charge < -0.3 is 0 Å². The van der Waals surface area contributed by atoms with Crippen LogP contribution in [0.5, 0.6) is 0 Å². The second-order valence-electron chi connectivity index (χ2n) is 7.52. The van der Waals surface area contributed by atoms with Gasteiger partial charge in [0, 0.05) is 0 Å². The van der Waals surface area contributed by atoms with Gasteiger partial charge in [-0.05, 0) is 0 Å². The Morgan fingerprint density at radius 1 is 1.04 bits per heavy atom. The molecule has 0 aromatic carbocycles. The molecule has 1 aromatic rings. The van der Waals surface area contributed by atoms with Gasteiger partial charge >= 0.3 is 157 Å². The molecular weight excluding hydrogens is 421 g/mol. The molecule has 0 N–H and O–H groups in total. The number of carbonyl (C=O) groups is 1. The van der Waals surface area contributed by atoms with Gasteiger partial charge in [-0.3, -0.25) is 0 Å². The molecule has 0 aliphatic carbocycles. The average molecular weight is 456 g/mol. The molecule has 0 bridgehead atoms. The van der Waals surface area contributed by atoms with Gasteiger partial charge in [0.1, 0.15) is 0 Å². The molecule has 1 aromatic heterocycles. The number of fused-ring (bicyclic) bond motifs is 1. The van der Waals surface area contributed by atoms with Crippen molar-refractivity contribution in [2.45, 2.75) is 79.0 Å². The van der Waals surface area contributed by atoms with E-state index in [4.69, 9.17) is 0 Å². The fraction of sp³-hybridized carbons (Fsp3) is 0.750. The van der Waals surface area contributed by atoms with E-state index in [9.17, 15) is 4.79 Å². The first-order chi connectivity index (χ1) is 11.6. The van der Waals surface area contributed by atoms with Crippen LogP contribution in [0.1, 0.15) is 74.5 Å². The molecule has 24 heavy (non-hydrogen) atoms. The minimum atomic E-state index is -2.36. The second kappa shape index (κ2) is 9.61. The Bertz CT molecular complexity index is 518. The SMILES string of the molecule is CCC[CH2][Sn]([CH2]CCC)([CH2]CCC)[c]1cc2c(s1)CCN(C)C2=O. The van der Waals surface area contributed by atoms with Gasteiger partial charge in [0.2, 0.25) is 0 Å². The molecule has 0 saturated heterocycles. The first kappa shape index (κ1) is 20.3. The number of carbonyl (C=O) groups excluding carboxylic acids is 1. The number of thiophene rings is 1. The zero-order valence-corrected chi connectivity index (χ0v) is 19.8. The van der Waals surface area contributed by atoms with Crippen molar-refractivity contribution in [1.82, 2.24) is 4.90 Å². The van der Waals surface area contributed by atoms with Crippen LogP contribution in [-0.2, 0) is 6.42 Å². The molecule has 136 valence electrons. The third-order valence-corrected chi connectivity index (χ3v) is 25.0. The second-order valence-corrected chi connectivity index (χ2v) is 22.8. The predicted molar refractivity (Wildman–Crippen MR) is 110 cm³/mol. The molecule has 0 atom stereocenters. The standard InChI is InChI=1S/C8H8NOS.3C4H9.Sn/c1-9-4-2-7-6(8(9)10)3-5-11-7;3*1-3-4-2;/h3H,2,4H2,1H3;3*1,3-4H2,2H3;. The maximum absolute atomic E-state index is 12.6. The molecule has 1 aliphatic rings. The Morgan fingerprint density at radius 2 is 1.58 bits per heavy atom. The van der Waals surface area contributed by atoms with Crippen LogP contribution in [0.15, 0.2) is 6.07 Å². The number of hydrogen-bond acceptors (Lipinski definition) is 2. The molecule has 0 unspecified atom stereocenters. The summed E-state index contributed by atoms with van der Waals surface area (Å²) in [6, 6.07) is 2.37. The minimum absolute atomic E-state index is 0.264. The van der Waals surface area contributed by atoms with Crippen LogP contribution < -0.4 is 2.89 Å². The number of nitrogens with zero attached hydrogens (tertiary/aromatic N) is 1. The number of unbranched alkanes of at least 4 members (excludes halogenated alkanes) is 3. The van der Waals surface area contributed by atoms with E-state index in [2.05, 4.69) is 26.8 Å². The van der Waals surface area contributed by atoms with Crippen molar-refractivity contribution in [1.29, 1.82) is 0 Å². The van der Waals surface area contributed by atoms with Gasteiger partial charge in [-0.25, -0.2) is 0 Å². The number of likely N-dealkylation sites (N-methyl/N-ethyl adjacent to an activating group) is 1. The van der Waals surface area contributed by atoms with Gasteiger partial charge in [0.05, 0.1) is 0 Å². The Morgan fingerprint density at radius 3 is 2.08 bits per heavy atom. The molecule has 4 heteroatoms. The Hall–Kier alpha value is -0.0313. The first-order valence-electron chi connectivity index (χ1n) is 9.96. The number of amides is 1. The summed E-state index contributed by atoms with van der Waals surface area (Å²) in [4.78, 5) is 15.8. The van der Waals surface area contributed by atoms with Crippen molar-refractivity contribution in [3.8, 4) is 0 Å². The van der Waals surface area contributed by atoms with Crippen LogP contribution in [0, 0.1) is 0 Å². The van der Waals surface area contributed by atoms with Crippen LogP contribution >= 0.6 is 11.3 Å². The Balaban J connectivity index is 2.37. The van der Waals surface area contributed by atoms with Crippen molar-refractivity contribution < 1.29 is 4.79 Å². The summed E-state index contributed by atoms with van der Waals surface area (Å²) < 4.78 is 6.20. The summed E-state index contributed by atoms with van der Waals surface area (Å²) in [6.07, 6.45) is 9.16.